The lowest BCUT2D eigenvalue weighted by molar-refractivity contribution is -0.140. The number of fused-ring (bicyclic) bond motifs is 5. The maximum atomic E-state index is 12.7. The number of imide groups is 1. The number of aryl methyl sites for hydroxylation is 1. The highest BCUT2D eigenvalue weighted by Crippen LogP contribution is 2.52. The van der Waals surface area contributed by atoms with Gasteiger partial charge in [-0.3, -0.25) is 19.5 Å². The lowest BCUT2D eigenvalue weighted by Crippen LogP contribution is -2.40. The molecular weight excluding hydrogens is 366 g/mol. The zero-order valence-electron chi connectivity index (χ0n) is 17.1. The molecule has 1 saturated heterocycles. The number of rotatable bonds is 7. The molecule has 0 radical (unpaired) electrons. The van der Waals surface area contributed by atoms with Crippen LogP contribution in [0.4, 0.5) is 0 Å². The molecule has 1 aromatic rings. The number of allylic oxidation sites excluding steroid dienone is 2. The molecule has 1 aliphatic heterocycles. The lowest BCUT2D eigenvalue weighted by Gasteiger charge is -2.18. The molecule has 2 aliphatic carbocycles. The van der Waals surface area contributed by atoms with Crippen molar-refractivity contribution < 1.29 is 9.59 Å². The zero-order valence-corrected chi connectivity index (χ0v) is 17.1. The Labute approximate surface area is 171 Å². The molecule has 7 nitrogen and oxygen atoms in total. The van der Waals surface area contributed by atoms with Crippen LogP contribution in [0.15, 0.2) is 35.3 Å². The molecule has 3 aliphatic rings. The molecule has 2 amide bonds. The van der Waals surface area contributed by atoms with Gasteiger partial charge in [-0.15, -0.1) is 0 Å². The first-order chi connectivity index (χ1) is 14.1. The largest absolute Gasteiger partial charge is 0.357 e. The molecule has 154 valence electrons. The summed E-state index contributed by atoms with van der Waals surface area (Å²) in [6, 6.07) is 5.91. The third kappa shape index (κ3) is 3.91. The molecular formula is C22H29N5O2. The van der Waals surface area contributed by atoms with E-state index in [4.69, 9.17) is 0 Å². The first-order valence-corrected chi connectivity index (χ1v) is 10.6. The van der Waals surface area contributed by atoms with Crippen LogP contribution < -0.4 is 10.6 Å². The molecule has 1 saturated carbocycles. The summed E-state index contributed by atoms with van der Waals surface area (Å²) in [5.74, 6) is 1.11. The van der Waals surface area contributed by atoms with Gasteiger partial charge >= 0.3 is 0 Å². The summed E-state index contributed by atoms with van der Waals surface area (Å²) in [5, 5.41) is 6.51. The van der Waals surface area contributed by atoms with Gasteiger partial charge in [-0.2, -0.15) is 0 Å². The van der Waals surface area contributed by atoms with Crippen molar-refractivity contribution in [1.82, 2.24) is 20.5 Å². The number of carbonyl (C=O) groups excluding carboxylic acids is 2. The highest BCUT2D eigenvalue weighted by molar-refractivity contribution is 6.06. The molecule has 2 fully saturated rings. The molecule has 2 N–H and O–H groups in total. The third-order valence-corrected chi connectivity index (χ3v) is 6.10. The Balaban J connectivity index is 1.27. The Morgan fingerprint density at radius 3 is 2.55 bits per heavy atom. The predicted molar refractivity (Wildman–Crippen MR) is 111 cm³/mol. The van der Waals surface area contributed by atoms with Gasteiger partial charge in [0.25, 0.3) is 0 Å². The summed E-state index contributed by atoms with van der Waals surface area (Å²) in [5.41, 5.74) is 1.90. The third-order valence-electron chi connectivity index (χ3n) is 6.10. The monoisotopic (exact) mass is 395 g/mol. The molecule has 0 aromatic carbocycles. The van der Waals surface area contributed by atoms with Crippen molar-refractivity contribution in [2.24, 2.45) is 28.7 Å². The van der Waals surface area contributed by atoms with Crippen molar-refractivity contribution in [2.75, 3.05) is 19.6 Å². The Kier molecular flexibility index (Phi) is 5.65. The van der Waals surface area contributed by atoms with Crippen LogP contribution in [0.25, 0.3) is 0 Å². The van der Waals surface area contributed by atoms with Gasteiger partial charge in [0.1, 0.15) is 0 Å². The second-order valence-corrected chi connectivity index (χ2v) is 8.07. The Hall–Kier alpha value is -2.70. The highest BCUT2D eigenvalue weighted by atomic mass is 16.2. The molecule has 1 aromatic heterocycles. The highest BCUT2D eigenvalue weighted by Gasteiger charge is 2.58. The summed E-state index contributed by atoms with van der Waals surface area (Å²) in [7, 11) is 0. The quantitative estimate of drug-likeness (QED) is 0.241. The number of nitrogens with zero attached hydrogens (tertiary/aromatic N) is 3. The van der Waals surface area contributed by atoms with E-state index in [1.807, 2.05) is 32.0 Å². The maximum Gasteiger partial charge on any atom is 0.233 e. The van der Waals surface area contributed by atoms with E-state index in [1.165, 1.54) is 4.90 Å². The Morgan fingerprint density at radius 2 is 1.90 bits per heavy atom. The topological polar surface area (TPSA) is 86.7 Å². The van der Waals surface area contributed by atoms with E-state index < -0.39 is 0 Å². The van der Waals surface area contributed by atoms with E-state index in [0.717, 1.165) is 24.4 Å². The predicted octanol–water partition coefficient (Wildman–Crippen LogP) is 1.64. The average Bonchev–Trinajstić information content (AvgIpc) is 3.38. The number of guanidine groups is 1. The summed E-state index contributed by atoms with van der Waals surface area (Å²) >= 11 is 0. The number of likely N-dealkylation sites (tertiary alicyclic amines) is 1. The van der Waals surface area contributed by atoms with Crippen molar-refractivity contribution in [3.8, 4) is 0 Å². The van der Waals surface area contributed by atoms with Gasteiger partial charge in [0.05, 0.1) is 24.1 Å². The van der Waals surface area contributed by atoms with Crippen LogP contribution in [0.3, 0.4) is 0 Å². The number of amides is 2. The Bertz CT molecular complexity index is 819. The van der Waals surface area contributed by atoms with Crippen molar-refractivity contribution in [1.29, 1.82) is 0 Å². The average molecular weight is 396 g/mol. The number of carbonyl (C=O) groups is 2. The van der Waals surface area contributed by atoms with Crippen molar-refractivity contribution in [3.05, 3.63) is 41.7 Å². The summed E-state index contributed by atoms with van der Waals surface area (Å²) in [4.78, 5) is 36.0. The summed E-state index contributed by atoms with van der Waals surface area (Å²) < 4.78 is 0. The number of pyridine rings is 1. The van der Waals surface area contributed by atoms with Crippen LogP contribution >= 0.6 is 0 Å². The van der Waals surface area contributed by atoms with Crippen molar-refractivity contribution >= 4 is 17.8 Å². The van der Waals surface area contributed by atoms with Gasteiger partial charge in [-0.05, 0) is 50.7 Å². The number of hydrogen-bond donors (Lipinski definition) is 2. The first kappa shape index (κ1) is 19.6. The van der Waals surface area contributed by atoms with E-state index in [0.29, 0.717) is 32.0 Å². The van der Waals surface area contributed by atoms with Crippen LogP contribution in [0.5, 0.6) is 0 Å². The fraction of sp³-hybridized carbons (Fsp3) is 0.545. The number of aliphatic imine (C=N–C) groups is 1. The van der Waals surface area contributed by atoms with Gasteiger partial charge in [-0.25, -0.2) is 4.99 Å². The smallest absolute Gasteiger partial charge is 0.233 e. The first-order valence-electron chi connectivity index (χ1n) is 10.6. The standard InChI is InChI=1S/C22H29N5O2/c1-3-23-22(25-13-17-7-4-6-14(2)26-17)24-10-5-11-27-20(28)18-15-8-9-16(12-15)19(18)21(27)29/h4,6-9,15-16,18-19H,3,5,10-13H2,1-2H3,(H2,23,24,25). The van der Waals surface area contributed by atoms with Gasteiger partial charge in [0.2, 0.25) is 11.8 Å². The fourth-order valence-corrected chi connectivity index (χ4v) is 4.82. The van der Waals surface area contributed by atoms with Crippen LogP contribution in [0, 0.1) is 30.6 Å². The minimum absolute atomic E-state index is 0.0305. The molecule has 29 heavy (non-hydrogen) atoms. The molecule has 4 unspecified atom stereocenters. The van der Waals surface area contributed by atoms with E-state index in [2.05, 4.69) is 32.8 Å². The second-order valence-electron chi connectivity index (χ2n) is 8.07. The van der Waals surface area contributed by atoms with Crippen LogP contribution in [0.1, 0.15) is 31.2 Å². The van der Waals surface area contributed by atoms with E-state index >= 15 is 0 Å². The number of nitrogens with one attached hydrogen (secondary N) is 2. The molecule has 4 atom stereocenters. The Morgan fingerprint density at radius 1 is 1.17 bits per heavy atom. The zero-order chi connectivity index (χ0) is 20.4. The van der Waals surface area contributed by atoms with Gasteiger partial charge in [-0.1, -0.05) is 18.2 Å². The molecule has 2 heterocycles. The van der Waals surface area contributed by atoms with Crippen LogP contribution in [-0.4, -0.2) is 47.3 Å². The van der Waals surface area contributed by atoms with Crippen LogP contribution in [0.2, 0.25) is 0 Å². The molecule has 0 spiro atoms. The van der Waals surface area contributed by atoms with Gasteiger partial charge in [0, 0.05) is 25.3 Å². The SMILES string of the molecule is CCNC(=NCc1cccc(C)n1)NCCCN1C(=O)C2C3C=CC(C3)C2C1=O. The van der Waals surface area contributed by atoms with E-state index in [1.54, 1.807) is 0 Å². The van der Waals surface area contributed by atoms with Crippen molar-refractivity contribution in [3.63, 3.8) is 0 Å². The van der Waals surface area contributed by atoms with Gasteiger partial charge < -0.3 is 10.6 Å². The normalized spacial score (nSPS) is 27.7. The fourth-order valence-electron chi connectivity index (χ4n) is 4.82. The molecule has 7 heteroatoms. The number of aromatic nitrogens is 1. The summed E-state index contributed by atoms with van der Waals surface area (Å²) in [6.45, 7) is 6.35. The van der Waals surface area contributed by atoms with Crippen molar-refractivity contribution in [2.45, 2.75) is 33.2 Å². The lowest BCUT2D eigenvalue weighted by atomic mass is 9.85. The van der Waals surface area contributed by atoms with Crippen LogP contribution in [-0.2, 0) is 16.1 Å². The minimum atomic E-state index is -0.105. The van der Waals surface area contributed by atoms with E-state index in [9.17, 15) is 9.59 Å². The maximum absolute atomic E-state index is 12.7. The molecule has 4 rings (SSSR count). The summed E-state index contributed by atoms with van der Waals surface area (Å²) in [6.07, 6.45) is 5.93. The second kappa shape index (κ2) is 8.35. The van der Waals surface area contributed by atoms with E-state index in [-0.39, 0.29) is 35.5 Å². The van der Waals surface area contributed by atoms with Gasteiger partial charge in [0.15, 0.2) is 5.96 Å². The number of hydrogen-bond acceptors (Lipinski definition) is 4. The molecule has 2 bridgehead atoms. The minimum Gasteiger partial charge on any atom is -0.357 e.